The second-order valence-electron chi connectivity index (χ2n) is 4.72. The maximum absolute atomic E-state index is 11.0. The van der Waals surface area contributed by atoms with Crippen molar-refractivity contribution in [2.45, 2.75) is 26.3 Å². The van der Waals surface area contributed by atoms with Gasteiger partial charge in [-0.1, -0.05) is 0 Å². The molecule has 20 heavy (non-hydrogen) atoms. The third-order valence-corrected chi connectivity index (χ3v) is 3.23. The molecule has 1 aliphatic rings. The summed E-state index contributed by atoms with van der Waals surface area (Å²) in [6, 6.07) is 2.32. The summed E-state index contributed by atoms with van der Waals surface area (Å²) in [6.07, 6.45) is 2.81. The molecule has 1 aliphatic heterocycles. The van der Waals surface area contributed by atoms with E-state index < -0.39 is 0 Å². The largest absolute Gasteiger partial charge is 0.490 e. The molecule has 1 fully saturated rings. The van der Waals surface area contributed by atoms with E-state index in [-0.39, 0.29) is 30.7 Å². The summed E-state index contributed by atoms with van der Waals surface area (Å²) in [6.45, 7) is 5.18. The number of aromatic nitrogens is 1. The number of carbonyl (C=O) groups is 1. The number of nitrogens with zero attached hydrogens (tertiary/aromatic N) is 2. The monoisotopic (exact) mass is 321 g/mol. The minimum absolute atomic E-state index is 0. The second kappa shape index (κ2) is 8.29. The first-order valence-electron chi connectivity index (χ1n) is 6.13. The number of amides is 1. The van der Waals surface area contributed by atoms with Gasteiger partial charge in [-0.3, -0.25) is 14.7 Å². The second-order valence-corrected chi connectivity index (χ2v) is 4.72. The van der Waals surface area contributed by atoms with E-state index in [1.165, 1.54) is 13.3 Å². The molecule has 1 N–H and O–H groups in total. The number of aryl methyl sites for hydroxylation is 1. The molecule has 0 radical (unpaired) electrons. The Bertz CT molecular complexity index is 457. The van der Waals surface area contributed by atoms with Crippen LogP contribution >= 0.6 is 24.8 Å². The lowest BCUT2D eigenvalue weighted by Gasteiger charge is -2.37. The summed E-state index contributed by atoms with van der Waals surface area (Å²) < 4.78 is 5.78. The van der Waals surface area contributed by atoms with Gasteiger partial charge in [-0.15, -0.1) is 24.8 Å². The Morgan fingerprint density at radius 1 is 1.55 bits per heavy atom. The molecular formula is C13H21Cl2N3O2. The van der Waals surface area contributed by atoms with Gasteiger partial charge in [0.15, 0.2) is 0 Å². The number of nitrogens with one attached hydrogen (secondary N) is 1. The molecule has 0 bridgehead atoms. The summed E-state index contributed by atoms with van der Waals surface area (Å²) in [4.78, 5) is 17.5. The normalized spacial score (nSPS) is 17.2. The van der Waals surface area contributed by atoms with Crippen molar-refractivity contribution < 1.29 is 9.53 Å². The van der Waals surface area contributed by atoms with Crippen molar-refractivity contribution in [3.05, 3.63) is 18.0 Å². The van der Waals surface area contributed by atoms with Gasteiger partial charge in [-0.2, -0.15) is 0 Å². The number of hydrogen-bond acceptors (Lipinski definition) is 4. The average molecular weight is 322 g/mol. The van der Waals surface area contributed by atoms with Crippen LogP contribution in [0.3, 0.4) is 0 Å². The molecule has 0 unspecified atom stereocenters. The topological polar surface area (TPSA) is 54.5 Å². The summed E-state index contributed by atoms with van der Waals surface area (Å²) >= 11 is 0. The van der Waals surface area contributed by atoms with Gasteiger partial charge in [0.05, 0.1) is 17.6 Å². The molecule has 1 aromatic rings. The van der Waals surface area contributed by atoms with E-state index in [1.54, 1.807) is 6.20 Å². The molecule has 0 aromatic carbocycles. The van der Waals surface area contributed by atoms with Crippen LogP contribution in [0.4, 0.5) is 5.69 Å². The Balaban J connectivity index is 0.00000180. The van der Waals surface area contributed by atoms with Crippen molar-refractivity contribution in [2.24, 2.45) is 0 Å². The number of anilines is 1. The smallest absolute Gasteiger partial charge is 0.221 e. The van der Waals surface area contributed by atoms with Gasteiger partial charge in [0.1, 0.15) is 12.4 Å². The van der Waals surface area contributed by atoms with Gasteiger partial charge in [-0.25, -0.2) is 0 Å². The zero-order valence-corrected chi connectivity index (χ0v) is 13.5. The molecule has 7 heteroatoms. The van der Waals surface area contributed by atoms with E-state index in [9.17, 15) is 4.79 Å². The predicted molar refractivity (Wildman–Crippen MR) is 84.3 cm³/mol. The Morgan fingerprint density at radius 3 is 2.75 bits per heavy atom. The molecule has 1 aromatic heterocycles. The third kappa shape index (κ3) is 4.81. The van der Waals surface area contributed by atoms with Gasteiger partial charge in [0, 0.05) is 19.0 Å². The lowest BCUT2D eigenvalue weighted by Crippen LogP contribution is -2.48. The van der Waals surface area contributed by atoms with Crippen LogP contribution in [-0.2, 0) is 4.79 Å². The summed E-state index contributed by atoms with van der Waals surface area (Å²) in [5, 5.41) is 2.70. The number of pyridine rings is 1. The van der Waals surface area contributed by atoms with E-state index in [2.05, 4.69) is 22.2 Å². The number of ether oxygens (including phenoxy) is 1. The van der Waals surface area contributed by atoms with E-state index >= 15 is 0 Å². The number of carbonyl (C=O) groups excluding carboxylic acids is 1. The highest BCUT2D eigenvalue weighted by Gasteiger charge is 2.24. The Morgan fingerprint density at radius 2 is 2.25 bits per heavy atom. The zero-order chi connectivity index (χ0) is 13.1. The van der Waals surface area contributed by atoms with Crippen LogP contribution in [0.15, 0.2) is 12.3 Å². The van der Waals surface area contributed by atoms with Crippen LogP contribution in [-0.4, -0.2) is 42.0 Å². The fourth-order valence-electron chi connectivity index (χ4n) is 1.90. The Labute approximate surface area is 131 Å². The summed E-state index contributed by atoms with van der Waals surface area (Å²) in [5.41, 5.74) is 1.51. The van der Waals surface area contributed by atoms with Crippen LogP contribution in [0.2, 0.25) is 0 Å². The number of halogens is 2. The SMILES string of the molecule is CC(=O)Nc1cnc(C)c(OC[C@@H]2CCN2C)c1.Cl.Cl. The van der Waals surface area contributed by atoms with E-state index in [1.807, 2.05) is 13.0 Å². The van der Waals surface area contributed by atoms with Crippen molar-refractivity contribution >= 4 is 36.4 Å². The summed E-state index contributed by atoms with van der Waals surface area (Å²) in [7, 11) is 2.09. The molecule has 0 saturated carbocycles. The molecule has 1 amide bonds. The summed E-state index contributed by atoms with van der Waals surface area (Å²) in [5.74, 6) is 0.631. The molecule has 1 saturated heterocycles. The molecule has 2 rings (SSSR count). The maximum atomic E-state index is 11.0. The van der Waals surface area contributed by atoms with E-state index in [4.69, 9.17) is 4.74 Å². The molecule has 0 aliphatic carbocycles. The van der Waals surface area contributed by atoms with Gasteiger partial charge >= 0.3 is 0 Å². The molecule has 2 heterocycles. The highest BCUT2D eigenvalue weighted by molar-refractivity contribution is 5.88. The standard InChI is InChI=1S/C13H19N3O2.2ClH/c1-9-13(18-8-12-4-5-16(12)3)6-11(7-14-9)15-10(2)17;;/h6-7,12H,4-5,8H2,1-3H3,(H,15,17);2*1H/t12-;;/m0../s1. The third-order valence-electron chi connectivity index (χ3n) is 3.23. The first-order valence-corrected chi connectivity index (χ1v) is 6.13. The van der Waals surface area contributed by atoms with E-state index in [0.29, 0.717) is 18.3 Å². The van der Waals surface area contributed by atoms with Gasteiger partial charge in [0.25, 0.3) is 0 Å². The lowest BCUT2D eigenvalue weighted by atomic mass is 10.1. The minimum atomic E-state index is -0.106. The minimum Gasteiger partial charge on any atom is -0.490 e. The molecular weight excluding hydrogens is 301 g/mol. The van der Waals surface area contributed by atoms with Crippen molar-refractivity contribution in [3.8, 4) is 5.75 Å². The van der Waals surface area contributed by atoms with Crippen LogP contribution in [0, 0.1) is 6.92 Å². The molecule has 1 atom stereocenters. The number of likely N-dealkylation sites (tertiary alicyclic amines) is 1. The van der Waals surface area contributed by atoms with Crippen molar-refractivity contribution in [2.75, 3.05) is 25.5 Å². The number of likely N-dealkylation sites (N-methyl/N-ethyl adjacent to an activating group) is 1. The first-order chi connectivity index (χ1) is 8.56. The van der Waals surface area contributed by atoms with Crippen LogP contribution < -0.4 is 10.1 Å². The highest BCUT2D eigenvalue weighted by Crippen LogP contribution is 2.22. The lowest BCUT2D eigenvalue weighted by molar-refractivity contribution is -0.114. The van der Waals surface area contributed by atoms with Gasteiger partial charge < -0.3 is 10.1 Å². The molecule has 0 spiro atoms. The van der Waals surface area contributed by atoms with E-state index in [0.717, 1.165) is 18.0 Å². The van der Waals surface area contributed by atoms with Crippen molar-refractivity contribution in [3.63, 3.8) is 0 Å². The van der Waals surface area contributed by atoms with Crippen molar-refractivity contribution in [1.29, 1.82) is 0 Å². The molecule has 114 valence electrons. The fraction of sp³-hybridized carbons (Fsp3) is 0.538. The van der Waals surface area contributed by atoms with Crippen LogP contribution in [0.25, 0.3) is 0 Å². The number of hydrogen-bond donors (Lipinski definition) is 1. The Kier molecular flexibility index (Phi) is 7.86. The molecule has 5 nitrogen and oxygen atoms in total. The average Bonchev–Trinajstić information content (AvgIpc) is 2.30. The quantitative estimate of drug-likeness (QED) is 0.924. The zero-order valence-electron chi connectivity index (χ0n) is 11.9. The van der Waals surface area contributed by atoms with Crippen LogP contribution in [0.1, 0.15) is 19.0 Å². The number of rotatable bonds is 4. The fourth-order valence-corrected chi connectivity index (χ4v) is 1.90. The Hall–Kier alpha value is -1.04. The predicted octanol–water partition coefficient (Wildman–Crippen LogP) is 2.27. The van der Waals surface area contributed by atoms with Crippen LogP contribution in [0.5, 0.6) is 5.75 Å². The highest BCUT2D eigenvalue weighted by atomic mass is 35.5. The maximum Gasteiger partial charge on any atom is 0.221 e. The van der Waals surface area contributed by atoms with Gasteiger partial charge in [-0.05, 0) is 26.9 Å². The van der Waals surface area contributed by atoms with Crippen molar-refractivity contribution in [1.82, 2.24) is 9.88 Å². The van der Waals surface area contributed by atoms with Gasteiger partial charge in [0.2, 0.25) is 5.91 Å². The first kappa shape index (κ1) is 19.0.